The number of aliphatic hydroxyl groups is 1. The van der Waals surface area contributed by atoms with Crippen LogP contribution in [0.3, 0.4) is 0 Å². The minimum absolute atomic E-state index is 0.251. The van der Waals surface area contributed by atoms with E-state index in [1.54, 1.807) is 0 Å². The van der Waals surface area contributed by atoms with Crippen LogP contribution in [0.15, 0.2) is 24.3 Å². The first-order valence-electron chi connectivity index (χ1n) is 7.52. The second-order valence-corrected chi connectivity index (χ2v) is 5.29. The Morgan fingerprint density at radius 2 is 1.76 bits per heavy atom. The normalized spacial score (nSPS) is 16.6. The third-order valence-electron chi connectivity index (χ3n) is 3.73. The van der Waals surface area contributed by atoms with Crippen LogP contribution in [0.4, 0.5) is 0 Å². The van der Waals surface area contributed by atoms with Gasteiger partial charge in [-0.1, -0.05) is 12.1 Å². The molecule has 1 aromatic carbocycles. The number of ether oxygens (including phenoxy) is 1. The van der Waals surface area contributed by atoms with Crippen LogP contribution in [-0.4, -0.2) is 60.8 Å². The zero-order valence-corrected chi connectivity index (χ0v) is 12.5. The zero-order valence-electron chi connectivity index (χ0n) is 12.5. The molecular formula is C17H24N2O2. The largest absolute Gasteiger partial charge is 0.493 e. The molecule has 1 fully saturated rings. The molecule has 2 rings (SSSR count). The molecular weight excluding hydrogens is 264 g/mol. The molecule has 1 heterocycles. The minimum Gasteiger partial charge on any atom is -0.493 e. The van der Waals surface area contributed by atoms with E-state index in [-0.39, 0.29) is 6.61 Å². The van der Waals surface area contributed by atoms with Crippen LogP contribution in [0.1, 0.15) is 12.0 Å². The highest BCUT2D eigenvalue weighted by molar-refractivity contribution is 5.27. The second kappa shape index (κ2) is 8.68. The van der Waals surface area contributed by atoms with Crippen LogP contribution in [-0.2, 0) is 6.54 Å². The number of benzene rings is 1. The number of aliphatic hydroxyl groups excluding tert-OH is 1. The van der Waals surface area contributed by atoms with Gasteiger partial charge in [-0.05, 0) is 17.7 Å². The van der Waals surface area contributed by atoms with E-state index in [0.29, 0.717) is 13.0 Å². The minimum atomic E-state index is 0.251. The van der Waals surface area contributed by atoms with E-state index in [4.69, 9.17) is 16.3 Å². The predicted octanol–water partition coefficient (Wildman–Crippen LogP) is 1.20. The molecule has 0 unspecified atom stereocenters. The van der Waals surface area contributed by atoms with Crippen LogP contribution in [0.5, 0.6) is 5.75 Å². The first kappa shape index (κ1) is 15.8. The number of nitrogens with zero attached hydrogens (tertiary/aromatic N) is 2. The Bertz CT molecular complexity index is 445. The Kier molecular flexibility index (Phi) is 6.55. The summed E-state index contributed by atoms with van der Waals surface area (Å²) in [5.74, 6) is 3.44. The zero-order chi connectivity index (χ0) is 14.9. The molecule has 1 aliphatic heterocycles. The van der Waals surface area contributed by atoms with E-state index < -0.39 is 0 Å². The van der Waals surface area contributed by atoms with E-state index in [1.807, 2.05) is 12.1 Å². The molecule has 1 aliphatic rings. The molecule has 0 spiro atoms. The topological polar surface area (TPSA) is 35.9 Å². The maximum atomic E-state index is 8.94. The van der Waals surface area contributed by atoms with Gasteiger partial charge in [-0.25, -0.2) is 0 Å². The highest BCUT2D eigenvalue weighted by atomic mass is 16.5. The van der Waals surface area contributed by atoms with Gasteiger partial charge >= 0.3 is 0 Å². The molecule has 114 valence electrons. The fourth-order valence-corrected chi connectivity index (χ4v) is 2.49. The van der Waals surface area contributed by atoms with Crippen molar-refractivity contribution in [2.75, 3.05) is 45.9 Å². The molecule has 21 heavy (non-hydrogen) atoms. The molecule has 0 radical (unpaired) electrons. The van der Waals surface area contributed by atoms with Gasteiger partial charge < -0.3 is 9.84 Å². The summed E-state index contributed by atoms with van der Waals surface area (Å²) < 4.78 is 5.55. The lowest BCUT2D eigenvalue weighted by atomic mass is 10.2. The summed E-state index contributed by atoms with van der Waals surface area (Å²) in [5, 5.41) is 8.94. The average Bonchev–Trinajstić information content (AvgIpc) is 2.51. The van der Waals surface area contributed by atoms with Crippen molar-refractivity contribution in [2.45, 2.75) is 13.0 Å². The van der Waals surface area contributed by atoms with Gasteiger partial charge in [0.15, 0.2) is 0 Å². The number of hydrogen-bond donors (Lipinski definition) is 1. The van der Waals surface area contributed by atoms with Gasteiger partial charge in [-0.3, -0.25) is 9.80 Å². The van der Waals surface area contributed by atoms with Crippen molar-refractivity contribution in [1.82, 2.24) is 9.80 Å². The summed E-state index contributed by atoms with van der Waals surface area (Å²) in [5.41, 5.74) is 1.30. The van der Waals surface area contributed by atoms with Crippen LogP contribution in [0.2, 0.25) is 0 Å². The van der Waals surface area contributed by atoms with Crippen molar-refractivity contribution in [3.05, 3.63) is 29.8 Å². The van der Waals surface area contributed by atoms with Crippen molar-refractivity contribution >= 4 is 0 Å². The van der Waals surface area contributed by atoms with Gasteiger partial charge in [-0.15, -0.1) is 12.3 Å². The third kappa shape index (κ3) is 5.39. The molecule has 0 aliphatic carbocycles. The van der Waals surface area contributed by atoms with E-state index in [9.17, 15) is 0 Å². The fourth-order valence-electron chi connectivity index (χ4n) is 2.49. The summed E-state index contributed by atoms with van der Waals surface area (Å²) in [7, 11) is 0. The number of piperazine rings is 1. The summed E-state index contributed by atoms with van der Waals surface area (Å²) >= 11 is 0. The number of terminal acetylenes is 1. The Balaban J connectivity index is 1.75. The lowest BCUT2D eigenvalue weighted by Gasteiger charge is -2.34. The Labute approximate surface area is 127 Å². The quantitative estimate of drug-likeness (QED) is 0.604. The van der Waals surface area contributed by atoms with Crippen molar-refractivity contribution in [1.29, 1.82) is 0 Å². The number of hydrogen-bond acceptors (Lipinski definition) is 4. The van der Waals surface area contributed by atoms with Gasteiger partial charge in [0.2, 0.25) is 0 Å². The van der Waals surface area contributed by atoms with Crippen LogP contribution >= 0.6 is 0 Å². The van der Waals surface area contributed by atoms with Gasteiger partial charge in [0, 0.05) is 45.7 Å². The molecule has 0 atom stereocenters. The number of rotatable bonds is 7. The van der Waals surface area contributed by atoms with E-state index in [1.165, 1.54) is 5.56 Å². The van der Waals surface area contributed by atoms with Gasteiger partial charge in [-0.2, -0.15) is 0 Å². The summed E-state index contributed by atoms with van der Waals surface area (Å²) in [4.78, 5) is 4.75. The van der Waals surface area contributed by atoms with Crippen molar-refractivity contribution in [3.63, 3.8) is 0 Å². The molecule has 0 amide bonds. The third-order valence-corrected chi connectivity index (χ3v) is 3.73. The Morgan fingerprint density at radius 1 is 1.10 bits per heavy atom. The Hall–Kier alpha value is -1.54. The van der Waals surface area contributed by atoms with Gasteiger partial charge in [0.1, 0.15) is 5.75 Å². The van der Waals surface area contributed by atoms with Crippen LogP contribution in [0, 0.1) is 12.3 Å². The lowest BCUT2D eigenvalue weighted by Crippen LogP contribution is -2.46. The van der Waals surface area contributed by atoms with E-state index in [0.717, 1.165) is 45.0 Å². The van der Waals surface area contributed by atoms with Crippen LogP contribution in [0.25, 0.3) is 0 Å². The monoisotopic (exact) mass is 288 g/mol. The maximum absolute atomic E-state index is 8.94. The first-order valence-corrected chi connectivity index (χ1v) is 7.52. The molecule has 4 heteroatoms. The van der Waals surface area contributed by atoms with E-state index >= 15 is 0 Å². The number of β-amino-alcohol motifs (C(OH)–C–C–N with tert-alkyl or cyclic N) is 1. The molecule has 0 bridgehead atoms. The van der Waals surface area contributed by atoms with Gasteiger partial charge in [0.05, 0.1) is 13.2 Å². The summed E-state index contributed by atoms with van der Waals surface area (Å²) in [6.45, 7) is 6.77. The summed E-state index contributed by atoms with van der Waals surface area (Å²) in [6, 6.07) is 8.25. The fraction of sp³-hybridized carbons (Fsp3) is 0.529. The highest BCUT2D eigenvalue weighted by Crippen LogP contribution is 2.14. The van der Waals surface area contributed by atoms with E-state index in [2.05, 4.69) is 27.9 Å². The van der Waals surface area contributed by atoms with Crippen molar-refractivity contribution in [2.24, 2.45) is 0 Å². The molecule has 1 aromatic rings. The van der Waals surface area contributed by atoms with Crippen molar-refractivity contribution < 1.29 is 9.84 Å². The van der Waals surface area contributed by atoms with Crippen molar-refractivity contribution in [3.8, 4) is 18.1 Å². The molecule has 1 N–H and O–H groups in total. The predicted molar refractivity (Wildman–Crippen MR) is 84.2 cm³/mol. The highest BCUT2D eigenvalue weighted by Gasteiger charge is 2.16. The second-order valence-electron chi connectivity index (χ2n) is 5.29. The molecule has 0 saturated carbocycles. The van der Waals surface area contributed by atoms with Crippen LogP contribution < -0.4 is 4.74 Å². The SMILES string of the molecule is C#CCCOc1ccc(CN2CCN(CCO)CC2)cc1. The smallest absolute Gasteiger partial charge is 0.119 e. The van der Waals surface area contributed by atoms with Gasteiger partial charge in [0.25, 0.3) is 0 Å². The average molecular weight is 288 g/mol. The maximum Gasteiger partial charge on any atom is 0.119 e. The standard InChI is InChI=1S/C17H24N2O2/c1-2-3-14-21-17-6-4-16(5-7-17)15-19-10-8-18(9-11-19)12-13-20/h1,4-7,20H,3,8-15H2. The molecule has 4 nitrogen and oxygen atoms in total. The first-order chi connectivity index (χ1) is 10.3. The summed E-state index contributed by atoms with van der Waals surface area (Å²) in [6.07, 6.45) is 5.84. The molecule has 0 aromatic heterocycles. The molecule has 1 saturated heterocycles. The Morgan fingerprint density at radius 3 is 2.38 bits per heavy atom. The lowest BCUT2D eigenvalue weighted by molar-refractivity contribution is 0.108.